The lowest BCUT2D eigenvalue weighted by molar-refractivity contribution is -0.0347. The first-order valence-electron chi connectivity index (χ1n) is 6.66. The van der Waals surface area contributed by atoms with Crippen molar-refractivity contribution >= 4 is 17.0 Å². The second kappa shape index (κ2) is 5.87. The summed E-state index contributed by atoms with van der Waals surface area (Å²) >= 11 is 1.69. The number of nitrogens with two attached hydrogens (primary N) is 1. The first kappa shape index (κ1) is 13.5. The minimum Gasteiger partial charge on any atom is -0.399 e. The molecular weight excluding hydrogens is 272 g/mol. The van der Waals surface area contributed by atoms with Gasteiger partial charge in [-0.25, -0.2) is 0 Å². The summed E-state index contributed by atoms with van der Waals surface area (Å²) in [5.41, 5.74) is 10.4. The standard InChI is InChI=1S/C14H18N4OS/c1-10-4-11(15)5-13(17-10)14-8-18(2-3-19-14)7-12-6-16-9-20-12/h4-6,9,14H,2-3,7-8H2,1H3,(H2,15,17). The summed E-state index contributed by atoms with van der Waals surface area (Å²) in [5.74, 6) is 0. The van der Waals surface area contributed by atoms with Crippen molar-refractivity contribution < 1.29 is 4.74 Å². The average molecular weight is 290 g/mol. The number of aryl methyl sites for hydroxylation is 1. The van der Waals surface area contributed by atoms with Gasteiger partial charge in [0.15, 0.2) is 0 Å². The van der Waals surface area contributed by atoms with Crippen LogP contribution in [0.1, 0.15) is 22.4 Å². The highest BCUT2D eigenvalue weighted by Crippen LogP contribution is 2.24. The Morgan fingerprint density at radius 3 is 3.15 bits per heavy atom. The lowest BCUT2D eigenvalue weighted by atomic mass is 10.1. The Morgan fingerprint density at radius 2 is 2.40 bits per heavy atom. The minimum atomic E-state index is -0.00104. The van der Waals surface area contributed by atoms with Crippen LogP contribution >= 0.6 is 11.3 Å². The minimum absolute atomic E-state index is 0.00104. The first-order valence-corrected chi connectivity index (χ1v) is 7.54. The second-order valence-corrected chi connectivity index (χ2v) is 6.00. The van der Waals surface area contributed by atoms with Crippen LogP contribution in [0.25, 0.3) is 0 Å². The molecule has 106 valence electrons. The molecule has 2 N–H and O–H groups in total. The largest absolute Gasteiger partial charge is 0.399 e. The van der Waals surface area contributed by atoms with E-state index in [1.54, 1.807) is 11.3 Å². The highest BCUT2D eigenvalue weighted by molar-refractivity contribution is 7.09. The predicted octanol–water partition coefficient (Wildman–Crippen LogP) is 2.00. The van der Waals surface area contributed by atoms with Crippen molar-refractivity contribution in [1.82, 2.24) is 14.9 Å². The zero-order chi connectivity index (χ0) is 13.9. The summed E-state index contributed by atoms with van der Waals surface area (Å²) < 4.78 is 5.85. The van der Waals surface area contributed by atoms with Crippen molar-refractivity contribution in [2.24, 2.45) is 0 Å². The number of anilines is 1. The molecule has 0 aromatic carbocycles. The van der Waals surface area contributed by atoms with E-state index in [9.17, 15) is 0 Å². The normalized spacial score (nSPS) is 20.1. The van der Waals surface area contributed by atoms with Crippen LogP contribution in [-0.2, 0) is 11.3 Å². The van der Waals surface area contributed by atoms with E-state index in [0.717, 1.165) is 43.3 Å². The molecule has 3 rings (SSSR count). The zero-order valence-corrected chi connectivity index (χ0v) is 12.3. The fourth-order valence-corrected chi connectivity index (χ4v) is 3.09. The van der Waals surface area contributed by atoms with Crippen LogP contribution in [0.15, 0.2) is 23.8 Å². The third-order valence-electron chi connectivity index (χ3n) is 3.34. The second-order valence-electron chi connectivity index (χ2n) is 5.03. The number of ether oxygens (including phenoxy) is 1. The van der Waals surface area contributed by atoms with Gasteiger partial charge in [-0.3, -0.25) is 14.9 Å². The summed E-state index contributed by atoms with van der Waals surface area (Å²) in [4.78, 5) is 12.3. The van der Waals surface area contributed by atoms with Crippen molar-refractivity contribution in [3.8, 4) is 0 Å². The topological polar surface area (TPSA) is 64.3 Å². The molecule has 6 heteroatoms. The third kappa shape index (κ3) is 3.15. The lowest BCUT2D eigenvalue weighted by Gasteiger charge is -2.32. The number of pyridine rings is 1. The molecule has 1 unspecified atom stereocenters. The molecule has 5 nitrogen and oxygen atoms in total. The lowest BCUT2D eigenvalue weighted by Crippen LogP contribution is -2.38. The van der Waals surface area contributed by atoms with Crippen LogP contribution in [-0.4, -0.2) is 34.6 Å². The summed E-state index contributed by atoms with van der Waals surface area (Å²) in [6.07, 6.45) is 1.93. The molecule has 1 aliphatic heterocycles. The molecule has 0 radical (unpaired) electrons. The van der Waals surface area contributed by atoms with E-state index in [1.807, 2.05) is 30.8 Å². The molecule has 1 aliphatic rings. The van der Waals surface area contributed by atoms with E-state index in [1.165, 1.54) is 4.88 Å². The first-order chi connectivity index (χ1) is 9.70. The number of nitrogen functional groups attached to an aromatic ring is 1. The van der Waals surface area contributed by atoms with E-state index in [-0.39, 0.29) is 6.10 Å². The van der Waals surface area contributed by atoms with Gasteiger partial charge < -0.3 is 10.5 Å². The number of hydrogen-bond acceptors (Lipinski definition) is 6. The highest BCUT2D eigenvalue weighted by atomic mass is 32.1. The molecule has 0 saturated carbocycles. The van der Waals surface area contributed by atoms with Gasteiger partial charge in [0, 0.05) is 42.1 Å². The number of hydrogen-bond donors (Lipinski definition) is 1. The molecule has 0 spiro atoms. The fourth-order valence-electron chi connectivity index (χ4n) is 2.45. The molecule has 0 aliphatic carbocycles. The van der Waals surface area contributed by atoms with Gasteiger partial charge in [-0.1, -0.05) is 0 Å². The van der Waals surface area contributed by atoms with Gasteiger partial charge in [0.05, 0.1) is 17.8 Å². The van der Waals surface area contributed by atoms with Gasteiger partial charge in [0.25, 0.3) is 0 Å². The molecule has 2 aromatic rings. The Balaban J connectivity index is 1.71. The number of rotatable bonds is 3. The van der Waals surface area contributed by atoms with E-state index in [4.69, 9.17) is 10.5 Å². The van der Waals surface area contributed by atoms with E-state index in [2.05, 4.69) is 14.9 Å². The van der Waals surface area contributed by atoms with Gasteiger partial charge in [-0.2, -0.15) is 0 Å². The quantitative estimate of drug-likeness (QED) is 0.936. The van der Waals surface area contributed by atoms with Crippen LogP contribution < -0.4 is 5.73 Å². The molecule has 1 saturated heterocycles. The van der Waals surface area contributed by atoms with Gasteiger partial charge >= 0.3 is 0 Å². The van der Waals surface area contributed by atoms with Gasteiger partial charge in [0.2, 0.25) is 0 Å². The summed E-state index contributed by atoms with van der Waals surface area (Å²) in [5, 5.41) is 0. The smallest absolute Gasteiger partial charge is 0.112 e. The average Bonchev–Trinajstić information content (AvgIpc) is 2.91. The highest BCUT2D eigenvalue weighted by Gasteiger charge is 2.23. The molecule has 1 fully saturated rings. The van der Waals surface area contributed by atoms with Crippen molar-refractivity contribution in [1.29, 1.82) is 0 Å². The van der Waals surface area contributed by atoms with Gasteiger partial charge in [-0.05, 0) is 19.1 Å². The van der Waals surface area contributed by atoms with Gasteiger partial charge in [-0.15, -0.1) is 11.3 Å². The third-order valence-corrected chi connectivity index (χ3v) is 4.10. The monoisotopic (exact) mass is 290 g/mol. The molecule has 2 aromatic heterocycles. The van der Waals surface area contributed by atoms with Crippen molar-refractivity contribution in [2.45, 2.75) is 19.6 Å². The molecular formula is C14H18N4OS. The van der Waals surface area contributed by atoms with Gasteiger partial charge in [0.1, 0.15) is 6.10 Å². The van der Waals surface area contributed by atoms with Crippen molar-refractivity contribution in [3.05, 3.63) is 40.1 Å². The molecule has 3 heterocycles. The number of nitrogens with zero attached hydrogens (tertiary/aromatic N) is 3. The van der Waals surface area contributed by atoms with Crippen molar-refractivity contribution in [2.75, 3.05) is 25.4 Å². The molecule has 0 amide bonds. The van der Waals surface area contributed by atoms with Crippen LogP contribution in [0.2, 0.25) is 0 Å². The maximum absolute atomic E-state index is 5.89. The number of thiazole rings is 1. The Morgan fingerprint density at radius 1 is 1.50 bits per heavy atom. The predicted molar refractivity (Wildman–Crippen MR) is 79.5 cm³/mol. The molecule has 0 bridgehead atoms. The van der Waals surface area contributed by atoms with Crippen LogP contribution in [0.4, 0.5) is 5.69 Å². The van der Waals surface area contributed by atoms with E-state index in [0.29, 0.717) is 0 Å². The fraction of sp³-hybridized carbons (Fsp3) is 0.429. The Kier molecular flexibility index (Phi) is 3.95. The molecule has 20 heavy (non-hydrogen) atoms. The summed E-state index contributed by atoms with van der Waals surface area (Å²) in [6, 6.07) is 3.79. The molecule has 1 atom stereocenters. The maximum Gasteiger partial charge on any atom is 0.112 e. The summed E-state index contributed by atoms with van der Waals surface area (Å²) in [7, 11) is 0. The van der Waals surface area contributed by atoms with E-state index >= 15 is 0 Å². The van der Waals surface area contributed by atoms with Crippen LogP contribution in [0, 0.1) is 6.92 Å². The maximum atomic E-state index is 5.89. The Hall–Kier alpha value is -1.50. The Labute approximate surface area is 122 Å². The number of morpholine rings is 1. The Bertz CT molecular complexity index is 552. The summed E-state index contributed by atoms with van der Waals surface area (Å²) in [6.45, 7) is 5.38. The van der Waals surface area contributed by atoms with Crippen LogP contribution in [0.3, 0.4) is 0 Å². The van der Waals surface area contributed by atoms with Crippen molar-refractivity contribution in [3.63, 3.8) is 0 Å². The van der Waals surface area contributed by atoms with E-state index < -0.39 is 0 Å². The number of aromatic nitrogens is 2. The van der Waals surface area contributed by atoms with Crippen LogP contribution in [0.5, 0.6) is 0 Å². The SMILES string of the molecule is Cc1cc(N)cc(C2CN(Cc3cncs3)CCO2)n1. The zero-order valence-electron chi connectivity index (χ0n) is 11.5.